The van der Waals surface area contributed by atoms with Crippen molar-refractivity contribution < 1.29 is 18.0 Å². The first-order chi connectivity index (χ1) is 18.5. The van der Waals surface area contributed by atoms with Crippen molar-refractivity contribution in [3.8, 4) is 0 Å². The van der Waals surface area contributed by atoms with E-state index >= 15 is 0 Å². The molecule has 3 aromatic rings. The summed E-state index contributed by atoms with van der Waals surface area (Å²) in [5.74, 6) is -0.803. The van der Waals surface area contributed by atoms with Crippen molar-refractivity contribution in [1.82, 2.24) is 10.2 Å². The highest BCUT2D eigenvalue weighted by molar-refractivity contribution is 7.92. The van der Waals surface area contributed by atoms with Gasteiger partial charge in [-0.15, -0.1) is 0 Å². The summed E-state index contributed by atoms with van der Waals surface area (Å²) in [5, 5.41) is 3.29. The maximum absolute atomic E-state index is 13.9. The number of anilines is 1. The Bertz CT molecular complexity index is 1370. The molecule has 0 heterocycles. The molecule has 7 nitrogen and oxygen atoms in total. The Kier molecular flexibility index (Phi) is 10.8. The van der Waals surface area contributed by atoms with Crippen LogP contribution in [0.25, 0.3) is 0 Å². The Morgan fingerprint density at radius 1 is 0.897 bits per heavy atom. The lowest BCUT2D eigenvalue weighted by Crippen LogP contribution is -2.54. The summed E-state index contributed by atoms with van der Waals surface area (Å²) in [6, 6.07) is 20.9. The lowest BCUT2D eigenvalue weighted by atomic mass is 10.1. The van der Waals surface area contributed by atoms with E-state index in [1.54, 1.807) is 18.2 Å². The number of amides is 2. The van der Waals surface area contributed by atoms with Crippen LogP contribution >= 0.6 is 23.2 Å². The van der Waals surface area contributed by atoms with Crippen molar-refractivity contribution >= 4 is 50.7 Å². The van der Waals surface area contributed by atoms with Crippen LogP contribution in [-0.4, -0.2) is 50.3 Å². The number of rotatable bonds is 12. The SMILES string of the molecule is CCC(C(=O)NC(C)C)N(CCc1ccccc1)C(=O)CN(c1ccc(Cl)c(Cl)c1)S(=O)(=O)c1ccccc1. The van der Waals surface area contributed by atoms with Crippen molar-refractivity contribution in [1.29, 1.82) is 0 Å². The summed E-state index contributed by atoms with van der Waals surface area (Å²) in [6.07, 6.45) is 0.855. The van der Waals surface area contributed by atoms with Gasteiger partial charge in [0.2, 0.25) is 11.8 Å². The molecule has 3 aromatic carbocycles. The number of hydrogen-bond acceptors (Lipinski definition) is 4. The molecule has 0 bridgehead atoms. The zero-order valence-corrected chi connectivity index (χ0v) is 24.5. The quantitative estimate of drug-likeness (QED) is 0.299. The molecule has 0 fully saturated rings. The van der Waals surface area contributed by atoms with E-state index < -0.39 is 28.5 Å². The van der Waals surface area contributed by atoms with Crippen LogP contribution < -0.4 is 9.62 Å². The number of nitrogens with zero attached hydrogens (tertiary/aromatic N) is 2. The Hall–Kier alpha value is -3.07. The molecule has 2 amide bonds. The van der Waals surface area contributed by atoms with E-state index in [1.807, 2.05) is 51.1 Å². The molecule has 0 radical (unpaired) electrons. The summed E-state index contributed by atoms with van der Waals surface area (Å²) in [7, 11) is -4.17. The molecule has 0 saturated heterocycles. The van der Waals surface area contributed by atoms with Gasteiger partial charge in [0, 0.05) is 12.6 Å². The number of benzene rings is 3. The third kappa shape index (κ3) is 7.97. The van der Waals surface area contributed by atoms with Crippen LogP contribution in [0.3, 0.4) is 0 Å². The number of nitrogens with one attached hydrogen (secondary N) is 1. The van der Waals surface area contributed by atoms with Gasteiger partial charge in [-0.2, -0.15) is 0 Å². The third-order valence-corrected chi connectivity index (χ3v) is 8.63. The molecule has 1 N–H and O–H groups in total. The fraction of sp³-hybridized carbons (Fsp3) is 0.310. The summed E-state index contributed by atoms with van der Waals surface area (Å²) in [6.45, 7) is 5.21. The normalized spacial score (nSPS) is 12.2. The zero-order valence-electron chi connectivity index (χ0n) is 22.2. The van der Waals surface area contributed by atoms with Crippen LogP contribution in [0.15, 0.2) is 83.8 Å². The zero-order chi connectivity index (χ0) is 28.6. The summed E-state index contributed by atoms with van der Waals surface area (Å²) < 4.78 is 28.6. The molecule has 3 rings (SSSR count). The summed E-state index contributed by atoms with van der Waals surface area (Å²) in [4.78, 5) is 28.6. The van der Waals surface area contributed by atoms with Gasteiger partial charge in [-0.3, -0.25) is 13.9 Å². The summed E-state index contributed by atoms with van der Waals surface area (Å²) in [5.41, 5.74) is 1.18. The number of halogens is 2. The van der Waals surface area contributed by atoms with Gasteiger partial charge >= 0.3 is 0 Å². The average molecular weight is 591 g/mol. The molecule has 208 valence electrons. The second-order valence-electron chi connectivity index (χ2n) is 9.33. The Morgan fingerprint density at radius 3 is 2.08 bits per heavy atom. The maximum atomic E-state index is 13.9. The Morgan fingerprint density at radius 2 is 1.51 bits per heavy atom. The van der Waals surface area contributed by atoms with E-state index in [0.717, 1.165) is 9.87 Å². The van der Waals surface area contributed by atoms with Gasteiger partial charge in [-0.05, 0) is 62.6 Å². The molecule has 39 heavy (non-hydrogen) atoms. The van der Waals surface area contributed by atoms with Crippen molar-refractivity contribution in [2.45, 2.75) is 50.6 Å². The average Bonchev–Trinajstić information content (AvgIpc) is 2.91. The monoisotopic (exact) mass is 589 g/mol. The fourth-order valence-corrected chi connectivity index (χ4v) is 5.88. The van der Waals surface area contributed by atoms with Gasteiger partial charge in [0.15, 0.2) is 0 Å². The lowest BCUT2D eigenvalue weighted by molar-refractivity contribution is -0.139. The first-order valence-corrected chi connectivity index (χ1v) is 14.9. The molecule has 0 aliphatic carbocycles. The molecule has 10 heteroatoms. The standard InChI is InChI=1S/C29H33Cl2N3O4S/c1-4-27(29(36)32-21(2)3)33(18-17-22-11-7-5-8-12-22)28(35)20-34(23-15-16-25(30)26(31)19-23)39(37,38)24-13-9-6-10-14-24/h5-16,19,21,27H,4,17-18,20H2,1-3H3,(H,32,36). The van der Waals surface area contributed by atoms with Gasteiger partial charge < -0.3 is 10.2 Å². The predicted molar refractivity (Wildman–Crippen MR) is 157 cm³/mol. The maximum Gasteiger partial charge on any atom is 0.264 e. The van der Waals surface area contributed by atoms with E-state index in [0.29, 0.717) is 12.8 Å². The molecule has 0 aromatic heterocycles. The van der Waals surface area contributed by atoms with Crippen LogP contribution in [0.5, 0.6) is 0 Å². The number of hydrogen-bond donors (Lipinski definition) is 1. The van der Waals surface area contributed by atoms with Gasteiger partial charge in [0.1, 0.15) is 12.6 Å². The number of sulfonamides is 1. The van der Waals surface area contributed by atoms with Gasteiger partial charge in [-0.1, -0.05) is 78.7 Å². The topological polar surface area (TPSA) is 86.8 Å². The number of carbonyl (C=O) groups is 2. The minimum absolute atomic E-state index is 0.0179. The second kappa shape index (κ2) is 13.8. The molecule has 0 aliphatic heterocycles. The molecular formula is C29H33Cl2N3O4S. The lowest BCUT2D eigenvalue weighted by Gasteiger charge is -2.33. The first-order valence-electron chi connectivity index (χ1n) is 12.7. The van der Waals surface area contributed by atoms with Crippen molar-refractivity contribution in [2.24, 2.45) is 0 Å². The Balaban J connectivity index is 2.02. The van der Waals surface area contributed by atoms with Gasteiger partial charge in [0.05, 0.1) is 20.6 Å². The first kappa shape index (κ1) is 30.5. The predicted octanol–water partition coefficient (Wildman–Crippen LogP) is 5.56. The largest absolute Gasteiger partial charge is 0.352 e. The van der Waals surface area contributed by atoms with Crippen LogP contribution in [0.2, 0.25) is 10.0 Å². The highest BCUT2D eigenvalue weighted by Crippen LogP contribution is 2.30. The molecule has 0 spiro atoms. The summed E-state index contributed by atoms with van der Waals surface area (Å²) >= 11 is 12.3. The highest BCUT2D eigenvalue weighted by atomic mass is 35.5. The molecule has 0 aliphatic rings. The minimum atomic E-state index is -4.17. The third-order valence-electron chi connectivity index (χ3n) is 6.10. The van der Waals surface area contributed by atoms with Crippen molar-refractivity contribution in [2.75, 3.05) is 17.4 Å². The fourth-order valence-electron chi connectivity index (χ4n) is 4.17. The van der Waals surface area contributed by atoms with E-state index in [9.17, 15) is 18.0 Å². The van der Waals surface area contributed by atoms with E-state index in [2.05, 4.69) is 5.32 Å². The Labute approximate surface area is 240 Å². The van der Waals surface area contributed by atoms with Crippen LogP contribution in [0.1, 0.15) is 32.8 Å². The van der Waals surface area contributed by atoms with Crippen molar-refractivity contribution in [3.05, 3.63) is 94.5 Å². The van der Waals surface area contributed by atoms with E-state index in [-0.39, 0.29) is 39.1 Å². The van der Waals surface area contributed by atoms with Crippen LogP contribution in [0, 0.1) is 0 Å². The van der Waals surface area contributed by atoms with Crippen LogP contribution in [0.4, 0.5) is 5.69 Å². The van der Waals surface area contributed by atoms with E-state index in [4.69, 9.17) is 23.2 Å². The van der Waals surface area contributed by atoms with Gasteiger partial charge in [0.25, 0.3) is 10.0 Å². The smallest absolute Gasteiger partial charge is 0.264 e. The second-order valence-corrected chi connectivity index (χ2v) is 12.0. The molecule has 1 atom stereocenters. The molecule has 0 saturated carbocycles. The molecular weight excluding hydrogens is 557 g/mol. The van der Waals surface area contributed by atoms with Crippen LogP contribution in [-0.2, 0) is 26.0 Å². The minimum Gasteiger partial charge on any atom is -0.352 e. The van der Waals surface area contributed by atoms with Gasteiger partial charge in [-0.25, -0.2) is 8.42 Å². The number of carbonyl (C=O) groups excluding carboxylic acids is 2. The highest BCUT2D eigenvalue weighted by Gasteiger charge is 2.33. The molecule has 1 unspecified atom stereocenters. The van der Waals surface area contributed by atoms with E-state index in [1.165, 1.54) is 35.2 Å². The van der Waals surface area contributed by atoms with Crippen molar-refractivity contribution in [3.63, 3.8) is 0 Å².